The van der Waals surface area contributed by atoms with E-state index < -0.39 is 0 Å². The molecule has 2 heteroatoms. The number of benzene rings is 3. The zero-order valence-corrected chi connectivity index (χ0v) is 23.7. The molecule has 0 radical (unpaired) electrons. The fourth-order valence-corrected chi connectivity index (χ4v) is 6.50. The summed E-state index contributed by atoms with van der Waals surface area (Å²) in [6.45, 7) is 6.15. The van der Waals surface area contributed by atoms with E-state index in [0.717, 1.165) is 28.9 Å². The van der Waals surface area contributed by atoms with Crippen molar-refractivity contribution in [2.24, 2.45) is 5.92 Å². The molecule has 0 amide bonds. The fraction of sp³-hybridized carbons (Fsp3) is 0.0750. The number of aromatic nitrogens is 1. The van der Waals surface area contributed by atoms with Gasteiger partial charge in [-0.15, -0.1) is 0 Å². The largest absolute Gasteiger partial charge is 0.310 e. The van der Waals surface area contributed by atoms with E-state index in [9.17, 15) is 0 Å². The number of hydrogen-bond acceptors (Lipinski definition) is 2. The highest BCUT2D eigenvalue weighted by atomic mass is 15.1. The highest BCUT2D eigenvalue weighted by Gasteiger charge is 2.29. The van der Waals surface area contributed by atoms with E-state index in [2.05, 4.69) is 145 Å². The van der Waals surface area contributed by atoms with E-state index in [0.29, 0.717) is 5.92 Å². The van der Waals surface area contributed by atoms with Gasteiger partial charge in [0, 0.05) is 40.5 Å². The molecule has 202 valence electrons. The van der Waals surface area contributed by atoms with Crippen LogP contribution in [0.1, 0.15) is 18.9 Å². The second-order valence-electron chi connectivity index (χ2n) is 10.9. The topological polar surface area (TPSA) is 16.1 Å². The maximum Gasteiger partial charge on any atom is 0.0541 e. The molecule has 3 aromatic carbocycles. The van der Waals surface area contributed by atoms with Crippen molar-refractivity contribution in [2.75, 3.05) is 4.90 Å². The van der Waals surface area contributed by atoms with Crippen LogP contribution in [-0.2, 0) is 0 Å². The molecule has 1 aromatic heterocycles. The Bertz CT molecular complexity index is 1900. The zero-order chi connectivity index (χ0) is 28.5. The molecule has 4 aromatic rings. The Kier molecular flexibility index (Phi) is 6.73. The van der Waals surface area contributed by atoms with Crippen molar-refractivity contribution in [2.45, 2.75) is 13.3 Å². The number of rotatable bonds is 6. The van der Waals surface area contributed by atoms with E-state index in [-0.39, 0.29) is 0 Å². The van der Waals surface area contributed by atoms with Crippen LogP contribution in [-0.4, -0.2) is 4.98 Å². The van der Waals surface area contributed by atoms with Gasteiger partial charge >= 0.3 is 0 Å². The van der Waals surface area contributed by atoms with E-state index in [4.69, 9.17) is 0 Å². The highest BCUT2D eigenvalue weighted by molar-refractivity contribution is 5.98. The summed E-state index contributed by atoms with van der Waals surface area (Å²) in [6.07, 6.45) is 24.5. The van der Waals surface area contributed by atoms with Crippen molar-refractivity contribution in [3.63, 3.8) is 0 Å². The average Bonchev–Trinajstić information content (AvgIpc) is 3.34. The van der Waals surface area contributed by atoms with E-state index >= 15 is 0 Å². The van der Waals surface area contributed by atoms with Gasteiger partial charge in [0.1, 0.15) is 0 Å². The van der Waals surface area contributed by atoms with Crippen molar-refractivity contribution >= 4 is 33.4 Å². The predicted octanol–water partition coefficient (Wildman–Crippen LogP) is 10.5. The van der Waals surface area contributed by atoms with Crippen molar-refractivity contribution < 1.29 is 0 Å². The van der Waals surface area contributed by atoms with Gasteiger partial charge in [0.25, 0.3) is 0 Å². The van der Waals surface area contributed by atoms with Crippen LogP contribution in [0.4, 0.5) is 17.1 Å². The first kappa shape index (κ1) is 25.7. The van der Waals surface area contributed by atoms with Crippen LogP contribution in [0.15, 0.2) is 180 Å². The summed E-state index contributed by atoms with van der Waals surface area (Å²) >= 11 is 0. The standard InChI is InChI=1S/C40H32N2/c1-3-4-15-34-28(2)35-16-10-17-36(38-18-8-11-30(34)26-39(35)38)29-20-22-33(23-21-29)42(32-13-6-5-7-14-32)40-19-9-12-31-27-41-25-24-37(31)40/h3-25,27,35H,1,26H2,2H3/b15-4-. The molecule has 0 aliphatic heterocycles. The van der Waals surface area contributed by atoms with Crippen molar-refractivity contribution in [3.8, 4) is 0 Å². The van der Waals surface area contributed by atoms with Gasteiger partial charge in [0.2, 0.25) is 0 Å². The van der Waals surface area contributed by atoms with Crippen LogP contribution >= 0.6 is 0 Å². The van der Waals surface area contributed by atoms with Crippen LogP contribution in [0.2, 0.25) is 0 Å². The molecule has 1 atom stereocenters. The maximum atomic E-state index is 4.35. The summed E-state index contributed by atoms with van der Waals surface area (Å²) in [5.74, 6) is 0.298. The van der Waals surface area contributed by atoms with Crippen molar-refractivity contribution in [1.29, 1.82) is 0 Å². The Morgan fingerprint density at radius 2 is 1.71 bits per heavy atom. The lowest BCUT2D eigenvalue weighted by atomic mass is 9.75. The highest BCUT2D eigenvalue weighted by Crippen LogP contribution is 2.46. The third-order valence-corrected chi connectivity index (χ3v) is 8.50. The van der Waals surface area contributed by atoms with Gasteiger partial charge < -0.3 is 4.90 Å². The number of anilines is 3. The smallest absolute Gasteiger partial charge is 0.0541 e. The fourth-order valence-electron chi connectivity index (χ4n) is 6.50. The van der Waals surface area contributed by atoms with E-state index in [1.165, 1.54) is 44.4 Å². The van der Waals surface area contributed by atoms with Crippen molar-refractivity contribution in [3.05, 3.63) is 186 Å². The molecular weight excluding hydrogens is 508 g/mol. The minimum absolute atomic E-state index is 0.298. The first-order valence-electron chi connectivity index (χ1n) is 14.5. The van der Waals surface area contributed by atoms with Gasteiger partial charge in [-0.05, 0) is 83.2 Å². The molecule has 1 unspecified atom stereocenters. The van der Waals surface area contributed by atoms with Crippen LogP contribution in [0, 0.1) is 5.92 Å². The zero-order valence-electron chi connectivity index (χ0n) is 23.7. The predicted molar refractivity (Wildman–Crippen MR) is 178 cm³/mol. The second kappa shape index (κ2) is 11.0. The number of para-hydroxylation sites is 1. The lowest BCUT2D eigenvalue weighted by Gasteiger charge is -2.29. The summed E-state index contributed by atoms with van der Waals surface area (Å²) in [5, 5.41) is 2.30. The number of pyridine rings is 1. The summed E-state index contributed by atoms with van der Waals surface area (Å²) < 4.78 is 0. The normalized spacial score (nSPS) is 17.7. The van der Waals surface area contributed by atoms with Gasteiger partial charge in [-0.25, -0.2) is 0 Å². The number of nitrogens with zero attached hydrogens (tertiary/aromatic N) is 2. The van der Waals surface area contributed by atoms with Gasteiger partial charge in [-0.1, -0.05) is 109 Å². The third-order valence-electron chi connectivity index (χ3n) is 8.50. The summed E-state index contributed by atoms with van der Waals surface area (Å²) in [7, 11) is 0. The molecule has 7 rings (SSSR count). The van der Waals surface area contributed by atoms with Crippen LogP contribution < -0.4 is 4.90 Å². The Balaban J connectivity index is 1.30. The van der Waals surface area contributed by atoms with Gasteiger partial charge in [0.15, 0.2) is 0 Å². The lowest BCUT2D eigenvalue weighted by Crippen LogP contribution is -2.14. The van der Waals surface area contributed by atoms with Gasteiger partial charge in [-0.2, -0.15) is 0 Å². The molecule has 0 saturated heterocycles. The quantitative estimate of drug-likeness (QED) is 0.226. The van der Waals surface area contributed by atoms with Crippen molar-refractivity contribution in [1.82, 2.24) is 4.98 Å². The molecule has 1 heterocycles. The average molecular weight is 541 g/mol. The summed E-state index contributed by atoms with van der Waals surface area (Å²) in [5.41, 5.74) is 12.8. The first-order valence-corrected chi connectivity index (χ1v) is 14.5. The number of allylic oxidation sites excluding steroid dienone is 15. The lowest BCUT2D eigenvalue weighted by molar-refractivity contribution is 0.803. The van der Waals surface area contributed by atoms with Gasteiger partial charge in [-0.3, -0.25) is 4.98 Å². The molecule has 0 fully saturated rings. The second-order valence-corrected chi connectivity index (χ2v) is 10.9. The Hall–Kier alpha value is -5.21. The molecule has 2 nitrogen and oxygen atoms in total. The number of hydrogen-bond donors (Lipinski definition) is 0. The third kappa shape index (κ3) is 4.52. The molecule has 0 spiro atoms. The maximum absolute atomic E-state index is 4.35. The molecule has 3 aliphatic rings. The molecule has 0 N–H and O–H groups in total. The molecule has 3 aliphatic carbocycles. The molecule has 0 saturated carbocycles. The summed E-state index contributed by atoms with van der Waals surface area (Å²) in [6, 6.07) is 28.1. The monoisotopic (exact) mass is 540 g/mol. The van der Waals surface area contributed by atoms with E-state index in [1.807, 2.05) is 24.5 Å². The first-order chi connectivity index (χ1) is 20.7. The Labute approximate surface area is 248 Å². The Morgan fingerprint density at radius 1 is 0.881 bits per heavy atom. The minimum Gasteiger partial charge on any atom is -0.310 e. The van der Waals surface area contributed by atoms with E-state index in [1.54, 1.807) is 0 Å². The summed E-state index contributed by atoms with van der Waals surface area (Å²) in [4.78, 5) is 6.69. The molecular formula is C40H32N2. The SMILES string of the molecule is C=C/C=C\C1=C(C)C2C=CC=C(c3ccc(N(c4ccccc4)c4cccc5cnccc45)cc3)C3=C2CC1=CC=C3. The van der Waals surface area contributed by atoms with Crippen LogP contribution in [0.5, 0.6) is 0 Å². The van der Waals surface area contributed by atoms with Crippen LogP contribution in [0.25, 0.3) is 16.3 Å². The minimum atomic E-state index is 0.298. The molecule has 42 heavy (non-hydrogen) atoms. The number of fused-ring (bicyclic) bond motifs is 2. The van der Waals surface area contributed by atoms with Crippen LogP contribution in [0.3, 0.4) is 0 Å². The van der Waals surface area contributed by atoms with Gasteiger partial charge in [0.05, 0.1) is 5.69 Å². The Morgan fingerprint density at radius 3 is 2.55 bits per heavy atom. The molecule has 2 bridgehead atoms.